The summed E-state index contributed by atoms with van der Waals surface area (Å²) in [6, 6.07) is 22.2. The van der Waals surface area contributed by atoms with E-state index in [0.717, 1.165) is 33.5 Å². The van der Waals surface area contributed by atoms with Gasteiger partial charge in [0.25, 0.3) is 11.8 Å². The zero-order chi connectivity index (χ0) is 25.5. The molecule has 1 fully saturated rings. The highest BCUT2D eigenvalue weighted by atomic mass is 32.2. The van der Waals surface area contributed by atoms with E-state index in [1.807, 2.05) is 48.5 Å². The standard InChI is InChI=1S/C28H24N2O4S2/c1-3-10-22-15-20(16-23(33-2)25(22)34-18-19-11-6-4-7-12-19)17-24-27(32)30(28(35)36-24)29-26(31)21-13-8-5-9-14-21/h3-9,11-17H,1,10,18H2,2H3,(H,29,31)/b24-17-. The van der Waals surface area contributed by atoms with Crippen LogP contribution in [-0.4, -0.2) is 28.3 Å². The van der Waals surface area contributed by atoms with E-state index in [1.165, 1.54) is 0 Å². The van der Waals surface area contributed by atoms with Crippen LogP contribution < -0.4 is 14.9 Å². The van der Waals surface area contributed by atoms with Crippen molar-refractivity contribution < 1.29 is 19.1 Å². The Kier molecular flexibility index (Phi) is 8.20. The maximum absolute atomic E-state index is 13.0. The van der Waals surface area contributed by atoms with E-state index < -0.39 is 11.8 Å². The van der Waals surface area contributed by atoms with Crippen LogP contribution in [-0.2, 0) is 17.8 Å². The van der Waals surface area contributed by atoms with Crippen LogP contribution in [0.15, 0.2) is 90.4 Å². The van der Waals surface area contributed by atoms with E-state index in [1.54, 1.807) is 43.5 Å². The summed E-state index contributed by atoms with van der Waals surface area (Å²) in [5.74, 6) is 0.358. The lowest BCUT2D eigenvalue weighted by molar-refractivity contribution is -0.123. The van der Waals surface area contributed by atoms with Crippen molar-refractivity contribution in [1.82, 2.24) is 10.4 Å². The van der Waals surface area contributed by atoms with Gasteiger partial charge in [-0.25, -0.2) is 0 Å². The summed E-state index contributed by atoms with van der Waals surface area (Å²) in [6.07, 6.45) is 4.06. The van der Waals surface area contributed by atoms with Gasteiger partial charge in [0.15, 0.2) is 15.8 Å². The molecule has 1 N–H and O–H groups in total. The Hall–Kier alpha value is -3.88. The lowest BCUT2D eigenvalue weighted by Gasteiger charge is -2.16. The predicted octanol–water partition coefficient (Wildman–Crippen LogP) is 5.55. The fraction of sp³-hybridized carbons (Fsp3) is 0.107. The molecule has 182 valence electrons. The molecule has 0 radical (unpaired) electrons. The van der Waals surface area contributed by atoms with E-state index in [0.29, 0.717) is 35.0 Å². The Bertz CT molecular complexity index is 1320. The maximum Gasteiger partial charge on any atom is 0.285 e. The minimum Gasteiger partial charge on any atom is -0.493 e. The number of benzene rings is 3. The largest absolute Gasteiger partial charge is 0.493 e. The molecule has 0 saturated carbocycles. The lowest BCUT2D eigenvalue weighted by Crippen LogP contribution is -2.44. The molecule has 3 aromatic rings. The lowest BCUT2D eigenvalue weighted by atomic mass is 10.0. The topological polar surface area (TPSA) is 67.9 Å². The zero-order valence-corrected chi connectivity index (χ0v) is 21.2. The predicted molar refractivity (Wildman–Crippen MR) is 147 cm³/mol. The van der Waals surface area contributed by atoms with Crippen molar-refractivity contribution in [2.24, 2.45) is 0 Å². The van der Waals surface area contributed by atoms with Crippen molar-refractivity contribution in [3.8, 4) is 11.5 Å². The van der Waals surface area contributed by atoms with E-state index in [9.17, 15) is 9.59 Å². The molecule has 0 aliphatic carbocycles. The second kappa shape index (κ2) is 11.7. The number of methoxy groups -OCH3 is 1. The molecule has 0 atom stereocenters. The van der Waals surface area contributed by atoms with Crippen molar-refractivity contribution >= 4 is 46.2 Å². The van der Waals surface area contributed by atoms with Crippen LogP contribution in [0.2, 0.25) is 0 Å². The van der Waals surface area contributed by atoms with Gasteiger partial charge in [0, 0.05) is 11.1 Å². The van der Waals surface area contributed by atoms with Gasteiger partial charge in [-0.2, -0.15) is 5.01 Å². The Morgan fingerprint density at radius 3 is 2.47 bits per heavy atom. The molecule has 1 aliphatic heterocycles. The number of nitrogens with one attached hydrogen (secondary N) is 1. The van der Waals surface area contributed by atoms with Gasteiger partial charge in [-0.1, -0.05) is 66.4 Å². The third-order valence-electron chi connectivity index (χ3n) is 5.31. The Morgan fingerprint density at radius 2 is 1.81 bits per heavy atom. The number of thioether (sulfide) groups is 1. The highest BCUT2D eigenvalue weighted by Crippen LogP contribution is 2.37. The third kappa shape index (κ3) is 5.84. The van der Waals surface area contributed by atoms with Gasteiger partial charge in [0.1, 0.15) is 6.61 Å². The number of carbonyl (C=O) groups excluding carboxylic acids is 2. The SMILES string of the molecule is C=CCc1cc(/C=C2\SC(=S)N(NC(=O)c3ccccc3)C2=O)cc(OC)c1OCc1ccccc1. The second-order valence-corrected chi connectivity index (χ2v) is 9.48. The first-order valence-corrected chi connectivity index (χ1v) is 12.3. The Labute approximate surface area is 219 Å². The number of hydrazine groups is 1. The van der Waals surface area contributed by atoms with E-state index >= 15 is 0 Å². The van der Waals surface area contributed by atoms with Crippen LogP contribution in [0.3, 0.4) is 0 Å². The summed E-state index contributed by atoms with van der Waals surface area (Å²) >= 11 is 6.47. The summed E-state index contributed by atoms with van der Waals surface area (Å²) in [7, 11) is 1.57. The van der Waals surface area contributed by atoms with E-state index in [4.69, 9.17) is 21.7 Å². The van der Waals surface area contributed by atoms with Crippen LogP contribution >= 0.6 is 24.0 Å². The summed E-state index contributed by atoms with van der Waals surface area (Å²) in [5, 5.41) is 1.10. The molecule has 0 aromatic heterocycles. The minimum atomic E-state index is -0.414. The minimum absolute atomic E-state index is 0.247. The molecule has 4 rings (SSSR count). The van der Waals surface area contributed by atoms with Gasteiger partial charge in [-0.05, 0) is 60.1 Å². The zero-order valence-electron chi connectivity index (χ0n) is 19.6. The van der Waals surface area contributed by atoms with Crippen molar-refractivity contribution in [3.63, 3.8) is 0 Å². The van der Waals surface area contributed by atoms with Crippen molar-refractivity contribution in [1.29, 1.82) is 0 Å². The summed E-state index contributed by atoms with van der Waals surface area (Å²) < 4.78 is 12.0. The first-order chi connectivity index (χ1) is 17.5. The quantitative estimate of drug-likeness (QED) is 0.229. The molecule has 1 aliphatic rings. The first kappa shape index (κ1) is 25.2. The molecule has 6 nitrogen and oxygen atoms in total. The number of carbonyl (C=O) groups is 2. The monoisotopic (exact) mass is 516 g/mol. The number of allylic oxidation sites excluding steroid dienone is 1. The smallest absolute Gasteiger partial charge is 0.285 e. The number of amides is 2. The molecule has 1 saturated heterocycles. The summed E-state index contributed by atoms with van der Waals surface area (Å²) in [6.45, 7) is 4.24. The highest BCUT2D eigenvalue weighted by molar-refractivity contribution is 8.26. The number of thiocarbonyl (C=S) groups is 1. The molecule has 36 heavy (non-hydrogen) atoms. The van der Waals surface area contributed by atoms with Crippen LogP contribution in [0.5, 0.6) is 11.5 Å². The van der Waals surface area contributed by atoms with Crippen molar-refractivity contribution in [2.75, 3.05) is 7.11 Å². The molecule has 0 spiro atoms. The molecular formula is C28H24N2O4S2. The molecule has 8 heteroatoms. The van der Waals surface area contributed by atoms with Crippen molar-refractivity contribution in [2.45, 2.75) is 13.0 Å². The molecule has 0 bridgehead atoms. The van der Waals surface area contributed by atoms with Crippen molar-refractivity contribution in [3.05, 3.63) is 113 Å². The van der Waals surface area contributed by atoms with Gasteiger partial charge in [-0.15, -0.1) is 6.58 Å². The Morgan fingerprint density at radius 1 is 1.11 bits per heavy atom. The molecule has 3 aromatic carbocycles. The van der Waals surface area contributed by atoms with Gasteiger partial charge in [-0.3, -0.25) is 15.0 Å². The van der Waals surface area contributed by atoms with Gasteiger partial charge < -0.3 is 9.47 Å². The maximum atomic E-state index is 13.0. The molecular weight excluding hydrogens is 492 g/mol. The van der Waals surface area contributed by atoms with Gasteiger partial charge >= 0.3 is 0 Å². The average Bonchev–Trinajstić information content (AvgIpc) is 3.16. The summed E-state index contributed by atoms with van der Waals surface area (Å²) in [5.41, 5.74) is 5.67. The molecule has 2 amide bonds. The Balaban J connectivity index is 1.57. The highest BCUT2D eigenvalue weighted by Gasteiger charge is 2.34. The van der Waals surface area contributed by atoms with E-state index in [2.05, 4.69) is 12.0 Å². The van der Waals surface area contributed by atoms with Crippen LogP contribution in [0.1, 0.15) is 27.0 Å². The number of hydrogen-bond donors (Lipinski definition) is 1. The number of rotatable bonds is 9. The number of hydrogen-bond acceptors (Lipinski definition) is 6. The number of ether oxygens (including phenoxy) is 2. The number of nitrogens with zero attached hydrogens (tertiary/aromatic N) is 1. The van der Waals surface area contributed by atoms with Crippen LogP contribution in [0.4, 0.5) is 0 Å². The van der Waals surface area contributed by atoms with Crippen LogP contribution in [0, 0.1) is 0 Å². The third-order valence-corrected chi connectivity index (χ3v) is 6.61. The van der Waals surface area contributed by atoms with Gasteiger partial charge in [0.05, 0.1) is 12.0 Å². The molecule has 1 heterocycles. The molecule has 0 unspecified atom stereocenters. The normalized spacial score (nSPS) is 14.1. The van der Waals surface area contributed by atoms with E-state index in [-0.39, 0.29) is 4.32 Å². The van der Waals surface area contributed by atoms with Crippen LogP contribution in [0.25, 0.3) is 6.08 Å². The van der Waals surface area contributed by atoms with Gasteiger partial charge in [0.2, 0.25) is 0 Å². The fourth-order valence-electron chi connectivity index (χ4n) is 3.59. The second-order valence-electron chi connectivity index (χ2n) is 7.80. The fourth-order valence-corrected chi connectivity index (χ4v) is 4.77. The average molecular weight is 517 g/mol. The first-order valence-electron chi connectivity index (χ1n) is 11.1. The summed E-state index contributed by atoms with van der Waals surface area (Å²) in [4.78, 5) is 26.0.